The number of rotatable bonds is 5. The highest BCUT2D eigenvalue weighted by molar-refractivity contribution is 5.80. The van der Waals surface area contributed by atoms with Crippen molar-refractivity contribution in [3.63, 3.8) is 0 Å². The Kier molecular flexibility index (Phi) is 6.13. The average molecular weight is 381 g/mol. The lowest BCUT2D eigenvalue weighted by Gasteiger charge is -2.43. The molecule has 0 aliphatic carbocycles. The van der Waals surface area contributed by atoms with E-state index < -0.39 is 0 Å². The van der Waals surface area contributed by atoms with Crippen molar-refractivity contribution in [1.82, 2.24) is 19.3 Å². The SMILES string of the molecule is CC(C(=O)N1CCC(N2CCN(Cc3ccccc3)CC2)CC1)n1cccc1. The molecular formula is C23H32N4O. The van der Waals surface area contributed by atoms with Gasteiger partial charge in [0.1, 0.15) is 6.04 Å². The van der Waals surface area contributed by atoms with Crippen LogP contribution in [0.2, 0.25) is 0 Å². The first-order valence-electron chi connectivity index (χ1n) is 10.6. The van der Waals surface area contributed by atoms with E-state index in [1.165, 1.54) is 5.56 Å². The van der Waals surface area contributed by atoms with E-state index in [1.807, 2.05) is 36.0 Å². The molecule has 4 rings (SSSR count). The van der Waals surface area contributed by atoms with Crippen LogP contribution in [0.5, 0.6) is 0 Å². The lowest BCUT2D eigenvalue weighted by Crippen LogP contribution is -2.53. The van der Waals surface area contributed by atoms with Crippen molar-refractivity contribution < 1.29 is 4.79 Å². The first-order valence-corrected chi connectivity index (χ1v) is 10.6. The zero-order valence-corrected chi connectivity index (χ0v) is 16.9. The van der Waals surface area contributed by atoms with Gasteiger partial charge >= 0.3 is 0 Å². The third kappa shape index (κ3) is 4.47. The summed E-state index contributed by atoms with van der Waals surface area (Å²) in [6, 6.07) is 15.2. The van der Waals surface area contributed by atoms with E-state index in [-0.39, 0.29) is 11.9 Å². The Balaban J connectivity index is 1.22. The number of nitrogens with zero attached hydrogens (tertiary/aromatic N) is 4. The summed E-state index contributed by atoms with van der Waals surface area (Å²) in [6.07, 6.45) is 6.15. The number of piperidine rings is 1. The summed E-state index contributed by atoms with van der Waals surface area (Å²) in [5.74, 6) is 0.252. The second-order valence-corrected chi connectivity index (χ2v) is 8.16. The van der Waals surface area contributed by atoms with Gasteiger partial charge in [-0.1, -0.05) is 30.3 Å². The van der Waals surface area contributed by atoms with Crippen molar-refractivity contribution in [2.45, 2.75) is 38.4 Å². The van der Waals surface area contributed by atoms with E-state index >= 15 is 0 Å². The number of benzene rings is 1. The number of carbonyl (C=O) groups excluding carboxylic acids is 1. The molecule has 2 aliphatic rings. The maximum absolute atomic E-state index is 12.8. The van der Waals surface area contributed by atoms with Crippen LogP contribution in [0.1, 0.15) is 31.4 Å². The quantitative estimate of drug-likeness (QED) is 0.799. The summed E-state index contributed by atoms with van der Waals surface area (Å²) in [5, 5.41) is 0. The zero-order valence-electron chi connectivity index (χ0n) is 16.9. The van der Waals surface area contributed by atoms with E-state index in [4.69, 9.17) is 0 Å². The summed E-state index contributed by atoms with van der Waals surface area (Å²) in [7, 11) is 0. The van der Waals surface area contributed by atoms with Gasteiger partial charge in [-0.15, -0.1) is 0 Å². The number of carbonyl (C=O) groups is 1. The van der Waals surface area contributed by atoms with Gasteiger partial charge in [0.25, 0.3) is 0 Å². The van der Waals surface area contributed by atoms with Crippen LogP contribution in [0.25, 0.3) is 0 Å². The highest BCUT2D eigenvalue weighted by Gasteiger charge is 2.30. The molecule has 2 fully saturated rings. The third-order valence-electron chi connectivity index (χ3n) is 6.38. The summed E-state index contributed by atoms with van der Waals surface area (Å²) >= 11 is 0. The van der Waals surface area contributed by atoms with Gasteiger partial charge < -0.3 is 9.47 Å². The Bertz CT molecular complexity index is 729. The van der Waals surface area contributed by atoms with Gasteiger partial charge in [0.05, 0.1) is 0 Å². The van der Waals surface area contributed by atoms with Gasteiger partial charge in [-0.2, -0.15) is 0 Å². The largest absolute Gasteiger partial charge is 0.342 e. The predicted octanol–water partition coefficient (Wildman–Crippen LogP) is 2.86. The van der Waals surface area contributed by atoms with Crippen molar-refractivity contribution in [3.05, 3.63) is 60.4 Å². The van der Waals surface area contributed by atoms with E-state index in [0.717, 1.165) is 58.7 Å². The van der Waals surface area contributed by atoms with Crippen LogP contribution >= 0.6 is 0 Å². The molecule has 150 valence electrons. The number of hydrogen-bond acceptors (Lipinski definition) is 3. The summed E-state index contributed by atoms with van der Waals surface area (Å²) < 4.78 is 2.00. The molecule has 5 heteroatoms. The minimum absolute atomic E-state index is 0.104. The Hall–Kier alpha value is -2.11. The molecule has 1 atom stereocenters. The molecule has 5 nitrogen and oxygen atoms in total. The van der Waals surface area contributed by atoms with Crippen LogP contribution in [0.3, 0.4) is 0 Å². The lowest BCUT2D eigenvalue weighted by atomic mass is 10.0. The molecule has 1 aromatic heterocycles. The molecule has 0 bridgehead atoms. The molecule has 0 spiro atoms. The van der Waals surface area contributed by atoms with Crippen LogP contribution in [-0.2, 0) is 11.3 Å². The smallest absolute Gasteiger partial charge is 0.245 e. The monoisotopic (exact) mass is 380 g/mol. The highest BCUT2D eigenvalue weighted by Crippen LogP contribution is 2.21. The van der Waals surface area contributed by atoms with Crippen LogP contribution in [0.4, 0.5) is 0 Å². The minimum atomic E-state index is -0.104. The zero-order chi connectivity index (χ0) is 19.3. The normalized spacial score (nSPS) is 21.0. The van der Waals surface area contributed by atoms with E-state index in [2.05, 4.69) is 45.0 Å². The van der Waals surface area contributed by atoms with E-state index in [9.17, 15) is 4.79 Å². The van der Waals surface area contributed by atoms with Gasteiger partial charge in [0.2, 0.25) is 5.91 Å². The molecule has 1 unspecified atom stereocenters. The summed E-state index contributed by atoms with van der Waals surface area (Å²) in [5.41, 5.74) is 1.40. The van der Waals surface area contributed by atoms with Crippen LogP contribution in [0, 0.1) is 0 Å². The summed E-state index contributed by atoms with van der Waals surface area (Å²) in [4.78, 5) is 20.1. The van der Waals surface area contributed by atoms with Crippen LogP contribution in [0.15, 0.2) is 54.9 Å². The molecule has 0 N–H and O–H groups in total. The summed E-state index contributed by atoms with van der Waals surface area (Å²) in [6.45, 7) is 9.39. The maximum Gasteiger partial charge on any atom is 0.245 e. The second-order valence-electron chi connectivity index (χ2n) is 8.16. The fourth-order valence-electron chi connectivity index (χ4n) is 4.58. The number of hydrogen-bond donors (Lipinski definition) is 0. The van der Waals surface area contributed by atoms with Gasteiger partial charge in [-0.3, -0.25) is 14.6 Å². The molecule has 2 aromatic rings. The van der Waals surface area contributed by atoms with Crippen molar-refractivity contribution in [2.75, 3.05) is 39.3 Å². The van der Waals surface area contributed by atoms with Crippen molar-refractivity contribution in [3.8, 4) is 0 Å². The minimum Gasteiger partial charge on any atom is -0.342 e. The van der Waals surface area contributed by atoms with Crippen molar-refractivity contribution >= 4 is 5.91 Å². The average Bonchev–Trinajstić information content (AvgIpc) is 3.29. The molecule has 28 heavy (non-hydrogen) atoms. The Morgan fingerprint density at radius 1 is 0.929 bits per heavy atom. The fraction of sp³-hybridized carbons (Fsp3) is 0.522. The van der Waals surface area contributed by atoms with Crippen molar-refractivity contribution in [2.24, 2.45) is 0 Å². The van der Waals surface area contributed by atoms with Gasteiger partial charge in [0.15, 0.2) is 0 Å². The third-order valence-corrected chi connectivity index (χ3v) is 6.38. The highest BCUT2D eigenvalue weighted by atomic mass is 16.2. The maximum atomic E-state index is 12.8. The van der Waals surface area contributed by atoms with E-state index in [1.54, 1.807) is 0 Å². The number of aromatic nitrogens is 1. The molecule has 2 saturated heterocycles. The molecule has 3 heterocycles. The molecule has 1 amide bonds. The Labute approximate surface area is 168 Å². The Morgan fingerprint density at radius 2 is 1.57 bits per heavy atom. The van der Waals surface area contributed by atoms with Gasteiger partial charge in [-0.25, -0.2) is 0 Å². The molecule has 0 radical (unpaired) electrons. The molecule has 0 saturated carbocycles. The predicted molar refractivity (Wildman–Crippen MR) is 112 cm³/mol. The first-order chi connectivity index (χ1) is 13.7. The number of amides is 1. The fourth-order valence-corrected chi connectivity index (χ4v) is 4.58. The lowest BCUT2D eigenvalue weighted by molar-refractivity contribution is -0.136. The Morgan fingerprint density at radius 3 is 2.21 bits per heavy atom. The molecule has 1 aromatic carbocycles. The van der Waals surface area contributed by atoms with Crippen LogP contribution in [-0.4, -0.2) is 70.5 Å². The van der Waals surface area contributed by atoms with Gasteiger partial charge in [0, 0.05) is 64.2 Å². The topological polar surface area (TPSA) is 31.7 Å². The number of likely N-dealkylation sites (tertiary alicyclic amines) is 1. The van der Waals surface area contributed by atoms with Crippen LogP contribution < -0.4 is 0 Å². The van der Waals surface area contributed by atoms with E-state index in [0.29, 0.717) is 6.04 Å². The molecule has 2 aliphatic heterocycles. The first kappa shape index (κ1) is 19.2. The van der Waals surface area contributed by atoms with Crippen molar-refractivity contribution in [1.29, 1.82) is 0 Å². The standard InChI is InChI=1S/C23H32N4O/c1-20(25-11-5-6-12-25)23(28)27-13-9-22(10-14-27)26-17-15-24(16-18-26)19-21-7-3-2-4-8-21/h2-8,11-12,20,22H,9-10,13-19H2,1H3. The van der Waals surface area contributed by atoms with Gasteiger partial charge in [-0.05, 0) is 37.5 Å². The number of piperazine rings is 1. The molecular weight excluding hydrogens is 348 g/mol. The second kappa shape index (κ2) is 8.93.